The van der Waals surface area contributed by atoms with E-state index in [0.29, 0.717) is 22.4 Å². The minimum Gasteiger partial charge on any atom is -0.455 e. The topological polar surface area (TPSA) is 38.9 Å². The lowest BCUT2D eigenvalue weighted by Crippen LogP contribution is -2.09. The first-order chi connectivity index (χ1) is 15.9. The van der Waals surface area contributed by atoms with Crippen molar-refractivity contribution in [1.82, 2.24) is 9.97 Å². The fourth-order valence-electron chi connectivity index (χ4n) is 3.77. The van der Waals surface area contributed by atoms with Gasteiger partial charge in [-0.2, -0.15) is 0 Å². The van der Waals surface area contributed by atoms with E-state index in [-0.39, 0.29) is 5.69 Å². The van der Waals surface area contributed by atoms with Gasteiger partial charge in [-0.25, -0.2) is 0 Å². The molecule has 0 amide bonds. The third-order valence-electron chi connectivity index (χ3n) is 4.92. The third kappa shape index (κ3) is 3.17. The van der Waals surface area contributed by atoms with Gasteiger partial charge in [0.1, 0.15) is 11.2 Å². The van der Waals surface area contributed by atoms with Crippen LogP contribution in [0.1, 0.15) is 38.9 Å². The number of aromatic nitrogens is 2. The second-order valence-electron chi connectivity index (χ2n) is 8.32. The highest BCUT2D eigenvalue weighted by Gasteiger charge is 2.16. The number of rotatable bonds is 2. The zero-order valence-corrected chi connectivity index (χ0v) is 16.6. The summed E-state index contributed by atoms with van der Waals surface area (Å²) in [6, 6.07) is 14.7. The Bertz CT molecular complexity index is 1560. The normalized spacial score (nSPS) is 15.8. The highest BCUT2D eigenvalue weighted by atomic mass is 16.3. The van der Waals surface area contributed by atoms with Gasteiger partial charge in [-0.15, -0.1) is 0 Å². The molecule has 0 unspecified atom stereocenters. The van der Waals surface area contributed by atoms with Crippen molar-refractivity contribution in [2.24, 2.45) is 5.41 Å². The van der Waals surface area contributed by atoms with Gasteiger partial charge in [-0.1, -0.05) is 39.0 Å². The van der Waals surface area contributed by atoms with E-state index in [1.54, 1.807) is 30.6 Å². The van der Waals surface area contributed by atoms with Gasteiger partial charge in [0.2, 0.25) is 0 Å². The molecule has 0 bridgehead atoms. The Kier molecular flexibility index (Phi) is 2.90. The maximum Gasteiger partial charge on any atom is 0.144 e. The van der Waals surface area contributed by atoms with Crippen LogP contribution in [0, 0.1) is 12.3 Å². The van der Waals surface area contributed by atoms with Crippen molar-refractivity contribution in [2.45, 2.75) is 34.0 Å². The van der Waals surface area contributed by atoms with Crippen LogP contribution < -0.4 is 0 Å². The molecule has 0 aliphatic heterocycles. The van der Waals surface area contributed by atoms with Gasteiger partial charge in [0.05, 0.1) is 5.69 Å². The predicted molar refractivity (Wildman–Crippen MR) is 120 cm³/mol. The van der Waals surface area contributed by atoms with Gasteiger partial charge in [-0.3, -0.25) is 9.97 Å². The smallest absolute Gasteiger partial charge is 0.144 e. The first-order valence-corrected chi connectivity index (χ1v) is 9.59. The van der Waals surface area contributed by atoms with Gasteiger partial charge in [-0.05, 0) is 59.9 Å². The predicted octanol–water partition coefficient (Wildman–Crippen LogP) is 7.09. The second kappa shape index (κ2) is 6.41. The molecule has 5 rings (SSSR count). The minimum absolute atomic E-state index is 0.0466. The molecule has 0 N–H and O–H groups in total. The van der Waals surface area contributed by atoms with E-state index >= 15 is 0 Å². The summed E-state index contributed by atoms with van der Waals surface area (Å²) in [6.07, 6.45) is 1.64. The van der Waals surface area contributed by atoms with Crippen molar-refractivity contribution in [3.63, 3.8) is 0 Å². The van der Waals surface area contributed by atoms with Gasteiger partial charge in [0, 0.05) is 46.7 Å². The van der Waals surface area contributed by atoms with Crippen LogP contribution in [-0.2, 0) is 6.37 Å². The first-order valence-electron chi connectivity index (χ1n) is 12.1. The number of pyridine rings is 2. The minimum atomic E-state index is -2.28. The summed E-state index contributed by atoms with van der Waals surface area (Å²) in [7, 11) is 0. The molecule has 0 atom stereocenters. The van der Waals surface area contributed by atoms with Gasteiger partial charge < -0.3 is 4.42 Å². The number of nitrogens with zero attached hydrogens (tertiary/aromatic N) is 2. The first kappa shape index (κ1) is 13.1. The average Bonchev–Trinajstić information content (AvgIpc) is 3.16. The monoisotopic (exact) mass is 385 g/mol. The number of benzene rings is 2. The van der Waals surface area contributed by atoms with Crippen molar-refractivity contribution >= 4 is 32.7 Å². The maximum absolute atomic E-state index is 8.65. The van der Waals surface area contributed by atoms with Crippen molar-refractivity contribution < 1.29 is 11.3 Å². The Labute approximate surface area is 177 Å². The highest BCUT2D eigenvalue weighted by Crippen LogP contribution is 2.38. The summed E-state index contributed by atoms with van der Waals surface area (Å²) in [6.45, 7) is 3.36. The number of furan rings is 1. The number of aryl methyl sites for hydroxylation is 1. The molecule has 144 valence electrons. The molecule has 0 saturated heterocycles. The van der Waals surface area contributed by atoms with Crippen molar-refractivity contribution in [3.8, 4) is 11.3 Å². The van der Waals surface area contributed by atoms with Crippen LogP contribution in [0.25, 0.3) is 44.0 Å². The summed E-state index contributed by atoms with van der Waals surface area (Å²) < 4.78 is 46.6. The second-order valence-corrected chi connectivity index (χ2v) is 8.32. The number of hydrogen-bond acceptors (Lipinski definition) is 3. The van der Waals surface area contributed by atoms with Crippen molar-refractivity contribution in [2.75, 3.05) is 0 Å². The number of para-hydroxylation sites is 1. The molecule has 2 aromatic carbocycles. The molecule has 3 heteroatoms. The third-order valence-corrected chi connectivity index (χ3v) is 4.92. The Morgan fingerprint density at radius 1 is 0.966 bits per heavy atom. The number of fused-ring (bicyclic) bond motifs is 5. The molecule has 0 saturated carbocycles. The zero-order valence-electron chi connectivity index (χ0n) is 21.6. The van der Waals surface area contributed by atoms with Crippen LogP contribution in [0.3, 0.4) is 0 Å². The standard InChI is InChI=1S/C26H24N2O/c1-16-12-18-8-9-20-19-6-5-7-21(24(19)29-25(20)22(18)15-28-16)23-13-17(10-11-27-23)14-26(2,3)4/h5-13,15H,14H2,1-4H3/i1D3,14D2. The van der Waals surface area contributed by atoms with Crippen LogP contribution in [0.4, 0.5) is 0 Å². The lowest BCUT2D eigenvalue weighted by molar-refractivity contribution is 0.411. The van der Waals surface area contributed by atoms with E-state index < -0.39 is 18.6 Å². The Morgan fingerprint density at radius 3 is 2.66 bits per heavy atom. The Hall–Kier alpha value is -3.20. The highest BCUT2D eigenvalue weighted by molar-refractivity contribution is 6.16. The molecular formula is C26H24N2O. The van der Waals surface area contributed by atoms with Crippen LogP contribution in [0.5, 0.6) is 0 Å². The molecular weight excluding hydrogens is 356 g/mol. The molecule has 29 heavy (non-hydrogen) atoms. The molecule has 0 aliphatic carbocycles. The molecule has 0 aliphatic rings. The van der Waals surface area contributed by atoms with E-state index in [1.807, 2.05) is 51.1 Å². The van der Waals surface area contributed by atoms with Crippen molar-refractivity contribution in [1.29, 1.82) is 0 Å². The molecule has 3 nitrogen and oxygen atoms in total. The zero-order chi connectivity index (χ0) is 24.5. The Morgan fingerprint density at radius 2 is 1.83 bits per heavy atom. The Balaban J connectivity index is 1.73. The van der Waals surface area contributed by atoms with Crippen LogP contribution >= 0.6 is 0 Å². The quantitative estimate of drug-likeness (QED) is 0.325. The van der Waals surface area contributed by atoms with Gasteiger partial charge in [0.15, 0.2) is 0 Å². The lowest BCUT2D eigenvalue weighted by Gasteiger charge is -2.18. The van der Waals surface area contributed by atoms with Crippen LogP contribution in [0.15, 0.2) is 65.3 Å². The molecule has 0 fully saturated rings. The van der Waals surface area contributed by atoms with E-state index in [0.717, 1.165) is 27.1 Å². The van der Waals surface area contributed by atoms with E-state index in [1.165, 1.54) is 0 Å². The fourth-order valence-corrected chi connectivity index (χ4v) is 3.77. The van der Waals surface area contributed by atoms with Crippen molar-refractivity contribution in [3.05, 3.63) is 72.2 Å². The van der Waals surface area contributed by atoms with E-state index in [9.17, 15) is 0 Å². The SMILES string of the molecule is [2H]C([2H])([2H])c1cc2ccc3c4cccc(-c5cc(C([2H])([2H])C(C)(C)C)ccn5)c4oc3c2cn1. The summed E-state index contributed by atoms with van der Waals surface area (Å²) in [5, 5.41) is 3.28. The number of hydrogen-bond donors (Lipinski definition) is 0. The maximum atomic E-state index is 8.65. The summed E-state index contributed by atoms with van der Waals surface area (Å²) in [5.41, 5.74) is 2.69. The molecule has 5 aromatic rings. The fraction of sp³-hybridized carbons (Fsp3) is 0.231. The van der Waals surface area contributed by atoms with Crippen LogP contribution in [0.2, 0.25) is 0 Å². The van der Waals surface area contributed by atoms with E-state index in [2.05, 4.69) is 9.97 Å². The van der Waals surface area contributed by atoms with E-state index in [4.69, 9.17) is 11.3 Å². The van der Waals surface area contributed by atoms with Crippen LogP contribution in [-0.4, -0.2) is 9.97 Å². The summed E-state index contributed by atoms with van der Waals surface area (Å²) >= 11 is 0. The molecule has 3 heterocycles. The van der Waals surface area contributed by atoms with Gasteiger partial charge >= 0.3 is 0 Å². The largest absolute Gasteiger partial charge is 0.455 e. The summed E-state index contributed by atoms with van der Waals surface area (Å²) in [5.74, 6) is 0. The lowest BCUT2D eigenvalue weighted by atomic mass is 9.88. The average molecular weight is 386 g/mol. The molecule has 0 radical (unpaired) electrons. The summed E-state index contributed by atoms with van der Waals surface area (Å²) in [4.78, 5) is 8.69. The molecule has 0 spiro atoms. The molecule has 3 aromatic heterocycles. The van der Waals surface area contributed by atoms with Gasteiger partial charge in [0.25, 0.3) is 0 Å².